The van der Waals surface area contributed by atoms with E-state index in [-0.39, 0.29) is 11.7 Å². The Labute approximate surface area is 177 Å². The molecule has 29 heavy (non-hydrogen) atoms. The van der Waals surface area contributed by atoms with E-state index >= 15 is 0 Å². The molecule has 2 N–H and O–H groups in total. The number of nitrogens with one attached hydrogen (secondary N) is 2. The van der Waals surface area contributed by atoms with Crippen molar-refractivity contribution in [2.24, 2.45) is 0 Å². The van der Waals surface area contributed by atoms with Crippen LogP contribution in [0.5, 0.6) is 0 Å². The monoisotopic (exact) mass is 414 g/mol. The largest absolute Gasteiger partial charge is 0.360 e. The summed E-state index contributed by atoms with van der Waals surface area (Å²) in [5.41, 5.74) is 3.42. The van der Waals surface area contributed by atoms with E-state index in [0.29, 0.717) is 13.0 Å². The number of ketones is 1. The van der Waals surface area contributed by atoms with Crippen LogP contribution in [0.2, 0.25) is 5.02 Å². The molecule has 0 radical (unpaired) electrons. The SMILES string of the molecule is CC(=O)[C@H](Cc1ccccc1)NC(=O)C[NH+]1CCN(c2cc(Cl)ccc2C)CC1. The van der Waals surface area contributed by atoms with Gasteiger partial charge in [-0.15, -0.1) is 0 Å². The van der Waals surface area contributed by atoms with Crippen LogP contribution in [0.3, 0.4) is 0 Å². The summed E-state index contributed by atoms with van der Waals surface area (Å²) in [5.74, 6) is -0.0815. The zero-order chi connectivity index (χ0) is 20.8. The summed E-state index contributed by atoms with van der Waals surface area (Å²) in [5, 5.41) is 3.68. The third kappa shape index (κ3) is 6.05. The molecular weight excluding hydrogens is 386 g/mol. The maximum atomic E-state index is 12.6. The van der Waals surface area contributed by atoms with Crippen molar-refractivity contribution in [3.8, 4) is 0 Å². The Morgan fingerprint density at radius 3 is 2.48 bits per heavy atom. The van der Waals surface area contributed by atoms with Crippen molar-refractivity contribution in [3.05, 3.63) is 64.7 Å². The van der Waals surface area contributed by atoms with Gasteiger partial charge >= 0.3 is 0 Å². The topological polar surface area (TPSA) is 53.9 Å². The van der Waals surface area contributed by atoms with Crippen molar-refractivity contribution in [1.82, 2.24) is 5.32 Å². The number of rotatable bonds is 7. The van der Waals surface area contributed by atoms with E-state index in [2.05, 4.69) is 17.1 Å². The van der Waals surface area contributed by atoms with Crippen LogP contribution in [0, 0.1) is 6.92 Å². The molecule has 6 heteroatoms. The molecular formula is C23H29ClN3O2+. The summed E-state index contributed by atoms with van der Waals surface area (Å²) in [6.45, 7) is 7.53. The third-order valence-corrected chi connectivity index (χ3v) is 5.74. The Morgan fingerprint density at radius 2 is 1.83 bits per heavy atom. The number of amides is 1. The van der Waals surface area contributed by atoms with Gasteiger partial charge in [0.25, 0.3) is 5.91 Å². The summed E-state index contributed by atoms with van der Waals surface area (Å²) in [7, 11) is 0. The Kier molecular flexibility index (Phi) is 7.29. The molecule has 0 bridgehead atoms. The number of carbonyl (C=O) groups is 2. The van der Waals surface area contributed by atoms with Crippen LogP contribution in [0.15, 0.2) is 48.5 Å². The molecule has 0 spiro atoms. The quantitative estimate of drug-likeness (QED) is 0.724. The number of benzene rings is 2. The highest BCUT2D eigenvalue weighted by molar-refractivity contribution is 6.30. The lowest BCUT2D eigenvalue weighted by atomic mass is 10.0. The number of piperazine rings is 1. The molecule has 5 nitrogen and oxygen atoms in total. The maximum Gasteiger partial charge on any atom is 0.275 e. The van der Waals surface area contributed by atoms with E-state index < -0.39 is 6.04 Å². The van der Waals surface area contributed by atoms with Gasteiger partial charge < -0.3 is 15.1 Å². The van der Waals surface area contributed by atoms with Crippen LogP contribution < -0.4 is 15.1 Å². The van der Waals surface area contributed by atoms with Gasteiger partial charge in [0, 0.05) is 10.7 Å². The molecule has 1 amide bonds. The zero-order valence-corrected chi connectivity index (χ0v) is 17.8. The minimum atomic E-state index is -0.473. The second kappa shape index (κ2) is 9.90. The predicted octanol–water partition coefficient (Wildman–Crippen LogP) is 1.67. The fourth-order valence-corrected chi connectivity index (χ4v) is 3.95. The summed E-state index contributed by atoms with van der Waals surface area (Å²) < 4.78 is 0. The molecule has 1 atom stereocenters. The van der Waals surface area contributed by atoms with Gasteiger partial charge in [0.15, 0.2) is 12.3 Å². The van der Waals surface area contributed by atoms with Gasteiger partial charge in [-0.1, -0.05) is 48.0 Å². The van der Waals surface area contributed by atoms with Gasteiger partial charge in [-0.3, -0.25) is 9.59 Å². The van der Waals surface area contributed by atoms with Gasteiger partial charge in [-0.05, 0) is 43.5 Å². The van der Waals surface area contributed by atoms with Gasteiger partial charge in [0.1, 0.15) is 0 Å². The van der Waals surface area contributed by atoms with Crippen LogP contribution in [0.25, 0.3) is 0 Å². The van der Waals surface area contributed by atoms with Crippen LogP contribution in [0.4, 0.5) is 5.69 Å². The van der Waals surface area contributed by atoms with E-state index in [9.17, 15) is 9.59 Å². The number of hydrogen-bond donors (Lipinski definition) is 2. The number of quaternary nitrogens is 1. The highest BCUT2D eigenvalue weighted by Crippen LogP contribution is 2.24. The molecule has 0 aromatic heterocycles. The van der Waals surface area contributed by atoms with Crippen LogP contribution in [0.1, 0.15) is 18.1 Å². The Morgan fingerprint density at radius 1 is 1.14 bits per heavy atom. The number of nitrogens with zero attached hydrogens (tertiary/aromatic N) is 1. The molecule has 1 aliphatic heterocycles. The molecule has 0 saturated carbocycles. The lowest BCUT2D eigenvalue weighted by Crippen LogP contribution is -3.16. The first-order valence-corrected chi connectivity index (χ1v) is 10.5. The van der Waals surface area contributed by atoms with E-state index in [1.54, 1.807) is 0 Å². The number of hydrogen-bond acceptors (Lipinski definition) is 3. The third-order valence-electron chi connectivity index (χ3n) is 5.50. The molecule has 2 aromatic carbocycles. The van der Waals surface area contributed by atoms with Gasteiger partial charge in [-0.25, -0.2) is 0 Å². The van der Waals surface area contributed by atoms with Crippen molar-refractivity contribution in [2.75, 3.05) is 37.6 Å². The highest BCUT2D eigenvalue weighted by atomic mass is 35.5. The van der Waals surface area contributed by atoms with Gasteiger partial charge in [0.05, 0.1) is 32.2 Å². The van der Waals surface area contributed by atoms with E-state index in [1.165, 1.54) is 23.1 Å². The van der Waals surface area contributed by atoms with E-state index in [0.717, 1.165) is 36.8 Å². The number of halogens is 1. The summed E-state index contributed by atoms with van der Waals surface area (Å²) >= 11 is 6.15. The minimum absolute atomic E-state index is 0.0153. The normalized spacial score (nSPS) is 15.8. The molecule has 0 aliphatic carbocycles. The molecule has 1 saturated heterocycles. The Hall–Kier alpha value is -2.37. The number of anilines is 1. The zero-order valence-electron chi connectivity index (χ0n) is 17.1. The average Bonchev–Trinajstić information content (AvgIpc) is 2.70. The molecule has 1 aliphatic rings. The molecule has 2 aromatic rings. The first-order chi connectivity index (χ1) is 13.9. The maximum absolute atomic E-state index is 12.6. The fraction of sp³-hybridized carbons (Fsp3) is 0.391. The second-order valence-electron chi connectivity index (χ2n) is 7.77. The van der Waals surface area contributed by atoms with Gasteiger partial charge in [-0.2, -0.15) is 0 Å². The predicted molar refractivity (Wildman–Crippen MR) is 117 cm³/mol. The second-order valence-corrected chi connectivity index (χ2v) is 8.20. The Balaban J connectivity index is 1.51. The van der Waals surface area contributed by atoms with E-state index in [4.69, 9.17) is 11.6 Å². The average molecular weight is 415 g/mol. The minimum Gasteiger partial charge on any atom is -0.360 e. The Bertz CT molecular complexity index is 848. The first kappa shape index (κ1) is 21.3. The summed E-state index contributed by atoms with van der Waals surface area (Å²) in [4.78, 5) is 28.1. The number of Topliss-reactive ketones (excluding diaryl/α,β-unsaturated/α-hetero) is 1. The summed E-state index contributed by atoms with van der Waals surface area (Å²) in [6, 6.07) is 15.3. The number of aryl methyl sites for hydroxylation is 1. The van der Waals surface area contributed by atoms with Crippen molar-refractivity contribution in [3.63, 3.8) is 0 Å². The van der Waals surface area contributed by atoms with Crippen LogP contribution in [-0.2, 0) is 16.0 Å². The van der Waals surface area contributed by atoms with Crippen molar-refractivity contribution >= 4 is 29.0 Å². The van der Waals surface area contributed by atoms with E-state index in [1.807, 2.05) is 48.5 Å². The molecule has 1 fully saturated rings. The molecule has 0 unspecified atom stereocenters. The highest BCUT2D eigenvalue weighted by Gasteiger charge is 2.25. The fourth-order valence-electron chi connectivity index (χ4n) is 3.78. The lowest BCUT2D eigenvalue weighted by molar-refractivity contribution is -0.892. The van der Waals surface area contributed by atoms with Crippen molar-refractivity contribution < 1.29 is 14.5 Å². The molecule has 1 heterocycles. The van der Waals surface area contributed by atoms with Gasteiger partial charge in [0.2, 0.25) is 0 Å². The van der Waals surface area contributed by atoms with Crippen LogP contribution >= 0.6 is 11.6 Å². The van der Waals surface area contributed by atoms with Crippen molar-refractivity contribution in [1.29, 1.82) is 0 Å². The first-order valence-electron chi connectivity index (χ1n) is 10.1. The smallest absolute Gasteiger partial charge is 0.275 e. The molecule has 3 rings (SSSR count). The number of carbonyl (C=O) groups excluding carboxylic acids is 2. The molecule has 154 valence electrons. The lowest BCUT2D eigenvalue weighted by Gasteiger charge is -2.34. The standard InChI is InChI=1S/C23H28ClN3O2/c1-17-8-9-20(24)15-22(17)27-12-10-26(11-13-27)16-23(29)25-21(18(2)28)14-19-6-4-3-5-7-19/h3-9,15,21H,10-14,16H2,1-2H3,(H,25,29)/p+1/t21-/m0/s1. The van der Waals surface area contributed by atoms with Crippen molar-refractivity contribution in [2.45, 2.75) is 26.3 Å². The van der Waals surface area contributed by atoms with Crippen LogP contribution in [-0.4, -0.2) is 50.5 Å². The summed E-state index contributed by atoms with van der Waals surface area (Å²) in [6.07, 6.45) is 0.527.